The summed E-state index contributed by atoms with van der Waals surface area (Å²) in [6, 6.07) is 7.95. The fraction of sp³-hybridized carbons (Fsp3) is 0.533. The predicted molar refractivity (Wildman–Crippen MR) is 79.9 cm³/mol. The molecule has 1 rings (SSSR count). The van der Waals surface area contributed by atoms with Crippen molar-refractivity contribution in [3.05, 3.63) is 29.8 Å². The summed E-state index contributed by atoms with van der Waals surface area (Å²) in [5.74, 6) is -0.0730. The Morgan fingerprint density at radius 3 is 2.42 bits per heavy atom. The van der Waals surface area contributed by atoms with Crippen molar-refractivity contribution < 1.29 is 4.79 Å². The smallest absolute Gasteiger partial charge is 0.228 e. The van der Waals surface area contributed by atoms with E-state index in [9.17, 15) is 4.79 Å². The van der Waals surface area contributed by atoms with Crippen LogP contribution in [0.2, 0.25) is 0 Å². The third kappa shape index (κ3) is 5.41. The Balaban J connectivity index is 2.59. The Morgan fingerprint density at radius 2 is 1.95 bits per heavy atom. The van der Waals surface area contributed by atoms with Crippen molar-refractivity contribution in [3.8, 4) is 0 Å². The first-order valence-corrected chi connectivity index (χ1v) is 6.81. The van der Waals surface area contributed by atoms with Gasteiger partial charge in [-0.3, -0.25) is 4.79 Å². The van der Waals surface area contributed by atoms with Crippen LogP contribution in [0.15, 0.2) is 24.3 Å². The normalized spacial score (nSPS) is 12.5. The zero-order valence-electron chi connectivity index (χ0n) is 12.1. The number of amides is 1. The number of hydrogen-bond donors (Lipinski definition) is 2. The van der Waals surface area contributed by atoms with Gasteiger partial charge in [0.05, 0.1) is 5.92 Å². The van der Waals surface area contributed by atoms with Crippen molar-refractivity contribution in [3.63, 3.8) is 0 Å². The van der Waals surface area contributed by atoms with E-state index in [2.05, 4.69) is 17.1 Å². The van der Waals surface area contributed by atoms with E-state index in [1.54, 1.807) is 0 Å². The van der Waals surface area contributed by atoms with Crippen LogP contribution in [-0.4, -0.2) is 31.4 Å². The molecule has 0 heterocycles. The molecular weight excluding hydrogens is 238 g/mol. The van der Waals surface area contributed by atoms with E-state index in [-0.39, 0.29) is 11.8 Å². The van der Waals surface area contributed by atoms with E-state index < -0.39 is 0 Å². The molecular formula is C15H25N3O. The van der Waals surface area contributed by atoms with Gasteiger partial charge in [-0.2, -0.15) is 0 Å². The highest BCUT2D eigenvalue weighted by Gasteiger charge is 2.15. The van der Waals surface area contributed by atoms with Gasteiger partial charge in [0.1, 0.15) is 0 Å². The standard InChI is InChI=1S/C15H25N3O/c1-4-5-13(10-16)15(19)17-14-8-6-12(7-9-14)11-18(2)3/h6-9,13H,4-5,10-11,16H2,1-3H3,(H,17,19). The number of nitrogens with zero attached hydrogens (tertiary/aromatic N) is 1. The minimum atomic E-state index is -0.0912. The molecule has 3 N–H and O–H groups in total. The lowest BCUT2D eigenvalue weighted by atomic mass is 10.0. The second-order valence-electron chi connectivity index (χ2n) is 5.15. The Labute approximate surface area is 116 Å². The Hall–Kier alpha value is -1.39. The lowest BCUT2D eigenvalue weighted by Crippen LogP contribution is -2.29. The van der Waals surface area contributed by atoms with Crippen LogP contribution < -0.4 is 11.1 Å². The van der Waals surface area contributed by atoms with Gasteiger partial charge in [0, 0.05) is 18.8 Å². The summed E-state index contributed by atoms with van der Waals surface area (Å²) in [4.78, 5) is 14.1. The molecule has 0 saturated carbocycles. The summed E-state index contributed by atoms with van der Waals surface area (Å²) >= 11 is 0. The second-order valence-corrected chi connectivity index (χ2v) is 5.15. The monoisotopic (exact) mass is 263 g/mol. The van der Waals surface area contributed by atoms with Gasteiger partial charge in [-0.25, -0.2) is 0 Å². The first kappa shape index (κ1) is 15.7. The van der Waals surface area contributed by atoms with Crippen molar-refractivity contribution in [2.24, 2.45) is 11.7 Å². The van der Waals surface area contributed by atoms with Crippen LogP contribution in [0.3, 0.4) is 0 Å². The number of hydrogen-bond acceptors (Lipinski definition) is 3. The summed E-state index contributed by atoms with van der Waals surface area (Å²) in [6.45, 7) is 3.36. The molecule has 0 aliphatic heterocycles. The second kappa shape index (κ2) is 7.92. The first-order chi connectivity index (χ1) is 9.06. The quantitative estimate of drug-likeness (QED) is 0.791. The Morgan fingerprint density at radius 1 is 1.32 bits per heavy atom. The Bertz CT molecular complexity index is 387. The molecule has 0 saturated heterocycles. The SMILES string of the molecule is CCCC(CN)C(=O)Nc1ccc(CN(C)C)cc1. The molecule has 106 valence electrons. The van der Waals surface area contributed by atoms with Crippen LogP contribution >= 0.6 is 0 Å². The summed E-state index contributed by atoms with van der Waals surface area (Å²) in [5.41, 5.74) is 7.69. The maximum absolute atomic E-state index is 12.0. The van der Waals surface area contributed by atoms with Crippen molar-refractivity contribution in [1.29, 1.82) is 0 Å². The average Bonchev–Trinajstić information content (AvgIpc) is 2.37. The van der Waals surface area contributed by atoms with E-state index >= 15 is 0 Å². The van der Waals surface area contributed by atoms with Crippen molar-refractivity contribution in [2.45, 2.75) is 26.3 Å². The summed E-state index contributed by atoms with van der Waals surface area (Å²) in [6.07, 6.45) is 1.80. The zero-order valence-corrected chi connectivity index (χ0v) is 12.1. The molecule has 19 heavy (non-hydrogen) atoms. The predicted octanol–water partition coefficient (Wildman–Crippen LogP) is 2.06. The number of rotatable bonds is 7. The van der Waals surface area contributed by atoms with Crippen LogP contribution in [0.4, 0.5) is 5.69 Å². The molecule has 0 aliphatic carbocycles. The molecule has 1 atom stereocenters. The Kier molecular flexibility index (Phi) is 6.53. The first-order valence-electron chi connectivity index (χ1n) is 6.81. The van der Waals surface area contributed by atoms with Crippen LogP contribution in [0.5, 0.6) is 0 Å². The topological polar surface area (TPSA) is 58.4 Å². The van der Waals surface area contributed by atoms with Gasteiger partial charge in [0.25, 0.3) is 0 Å². The molecule has 1 aromatic rings. The third-order valence-corrected chi connectivity index (χ3v) is 3.01. The molecule has 1 unspecified atom stereocenters. The van der Waals surface area contributed by atoms with Gasteiger partial charge in [-0.05, 0) is 38.2 Å². The lowest BCUT2D eigenvalue weighted by Gasteiger charge is -2.14. The highest BCUT2D eigenvalue weighted by Crippen LogP contribution is 2.13. The number of carbonyl (C=O) groups is 1. The van der Waals surface area contributed by atoms with Gasteiger partial charge in [-0.1, -0.05) is 25.5 Å². The van der Waals surface area contributed by atoms with Crippen LogP contribution in [0.25, 0.3) is 0 Å². The van der Waals surface area contributed by atoms with Gasteiger partial charge >= 0.3 is 0 Å². The summed E-state index contributed by atoms with van der Waals surface area (Å²) < 4.78 is 0. The minimum Gasteiger partial charge on any atom is -0.330 e. The average molecular weight is 263 g/mol. The number of nitrogens with one attached hydrogen (secondary N) is 1. The van der Waals surface area contributed by atoms with Crippen molar-refractivity contribution >= 4 is 11.6 Å². The molecule has 0 bridgehead atoms. The number of benzene rings is 1. The summed E-state index contributed by atoms with van der Waals surface area (Å²) in [5, 5.41) is 2.93. The maximum Gasteiger partial charge on any atom is 0.228 e. The van der Waals surface area contributed by atoms with Gasteiger partial charge in [0.2, 0.25) is 5.91 Å². The lowest BCUT2D eigenvalue weighted by molar-refractivity contribution is -0.119. The maximum atomic E-state index is 12.0. The molecule has 0 spiro atoms. The van der Waals surface area contributed by atoms with Crippen LogP contribution in [-0.2, 0) is 11.3 Å². The third-order valence-electron chi connectivity index (χ3n) is 3.01. The highest BCUT2D eigenvalue weighted by atomic mass is 16.1. The molecule has 4 heteroatoms. The minimum absolute atomic E-state index is 0.0182. The molecule has 1 aromatic carbocycles. The largest absolute Gasteiger partial charge is 0.330 e. The highest BCUT2D eigenvalue weighted by molar-refractivity contribution is 5.92. The van der Waals surface area contributed by atoms with Gasteiger partial charge in [0.15, 0.2) is 0 Å². The zero-order chi connectivity index (χ0) is 14.3. The number of anilines is 1. The van der Waals surface area contributed by atoms with E-state index in [1.807, 2.05) is 38.4 Å². The van der Waals surface area contributed by atoms with E-state index in [4.69, 9.17) is 5.73 Å². The van der Waals surface area contributed by atoms with Crippen LogP contribution in [0, 0.1) is 5.92 Å². The van der Waals surface area contributed by atoms with E-state index in [0.29, 0.717) is 6.54 Å². The van der Waals surface area contributed by atoms with E-state index in [0.717, 1.165) is 25.1 Å². The van der Waals surface area contributed by atoms with Crippen molar-refractivity contribution in [1.82, 2.24) is 4.90 Å². The molecule has 0 radical (unpaired) electrons. The molecule has 0 fully saturated rings. The number of carbonyl (C=O) groups excluding carboxylic acids is 1. The van der Waals surface area contributed by atoms with Gasteiger partial charge in [-0.15, -0.1) is 0 Å². The molecule has 0 aliphatic rings. The van der Waals surface area contributed by atoms with Crippen LogP contribution in [0.1, 0.15) is 25.3 Å². The van der Waals surface area contributed by atoms with Crippen molar-refractivity contribution in [2.75, 3.05) is 26.0 Å². The fourth-order valence-corrected chi connectivity index (χ4v) is 2.01. The fourth-order valence-electron chi connectivity index (χ4n) is 2.01. The molecule has 4 nitrogen and oxygen atoms in total. The van der Waals surface area contributed by atoms with E-state index in [1.165, 1.54) is 5.56 Å². The number of nitrogens with two attached hydrogens (primary N) is 1. The van der Waals surface area contributed by atoms with Gasteiger partial charge < -0.3 is 16.0 Å². The summed E-state index contributed by atoms with van der Waals surface area (Å²) in [7, 11) is 4.07. The molecule has 0 aromatic heterocycles. The molecule has 1 amide bonds.